The van der Waals surface area contributed by atoms with Gasteiger partial charge in [0.2, 0.25) is 0 Å². The zero-order valence-corrected chi connectivity index (χ0v) is 22.6. The van der Waals surface area contributed by atoms with Gasteiger partial charge in [-0.05, 0) is 0 Å². The number of phosphoric acid groups is 2. The molecule has 2 unspecified atom stereocenters. The summed E-state index contributed by atoms with van der Waals surface area (Å²) in [5.74, 6) is -0.0219. The standard InChI is InChI=1S/C19H21F2N7O12P2/c20-10-7-3-35-41(31,32)39-13-8(38-17(11(13)21)28-6-25-12-15(22)23-5-24-16(12)28)4-36-42(33,34)40-14(10)18(37-7)27-2-1-9(29)26-19(27)30/h1-2,5-8,10-11,13-14,17-18H,3-4H2,(H,31,32)(H,33,34)(H2,22,23,24)(H,26,29,30)/t7-,8-,10-,11-,13-,14-,17-,18-/m1/s1. The average Bonchev–Trinajstić information content (AvgIpc) is 3.57. The van der Waals surface area contributed by atoms with Crippen LogP contribution in [0, 0.1) is 0 Å². The van der Waals surface area contributed by atoms with E-state index in [4.69, 9.17) is 33.3 Å². The Labute approximate surface area is 231 Å². The Hall–Kier alpha value is -2.97. The summed E-state index contributed by atoms with van der Waals surface area (Å²) in [7, 11) is -10.4. The fourth-order valence-corrected chi connectivity index (χ4v) is 6.61. The van der Waals surface area contributed by atoms with Crippen LogP contribution in [0.25, 0.3) is 11.2 Å². The number of aromatic amines is 1. The Kier molecular flexibility index (Phi) is 7.37. The van der Waals surface area contributed by atoms with Crippen LogP contribution in [-0.2, 0) is 36.7 Å². The first-order valence-electron chi connectivity index (χ1n) is 12.0. The van der Waals surface area contributed by atoms with E-state index >= 15 is 8.78 Å². The second-order valence-corrected chi connectivity index (χ2v) is 12.1. The normalized spacial score (nSPS) is 39.3. The van der Waals surface area contributed by atoms with Crippen molar-refractivity contribution in [3.63, 3.8) is 0 Å². The molecule has 2 bridgehead atoms. The highest BCUT2D eigenvalue weighted by Gasteiger charge is 2.55. The summed E-state index contributed by atoms with van der Waals surface area (Å²) in [6.45, 7) is -1.99. The highest BCUT2D eigenvalue weighted by atomic mass is 31.2. The zero-order chi connectivity index (χ0) is 30.0. The van der Waals surface area contributed by atoms with Crippen molar-refractivity contribution in [1.82, 2.24) is 29.1 Å². The summed E-state index contributed by atoms with van der Waals surface area (Å²) in [5, 5.41) is 0. The molecule has 228 valence electrons. The number of anilines is 1. The van der Waals surface area contributed by atoms with Crippen molar-refractivity contribution in [3.8, 4) is 0 Å². The molecule has 0 saturated carbocycles. The van der Waals surface area contributed by atoms with Gasteiger partial charge in [0.1, 0.15) is 36.3 Å². The Balaban J connectivity index is 1.31. The van der Waals surface area contributed by atoms with Gasteiger partial charge in [0.15, 0.2) is 36.3 Å². The van der Waals surface area contributed by atoms with Crippen molar-refractivity contribution < 1.29 is 55.3 Å². The Bertz CT molecular complexity index is 1720. The Morgan fingerprint density at radius 3 is 2.31 bits per heavy atom. The third kappa shape index (κ3) is 5.32. The number of hydrogen-bond acceptors (Lipinski definition) is 14. The molecular weight excluding hydrogens is 618 g/mol. The summed E-state index contributed by atoms with van der Waals surface area (Å²) < 4.78 is 89.6. The number of ether oxygens (including phenoxy) is 2. The van der Waals surface area contributed by atoms with E-state index in [2.05, 4.69) is 15.0 Å². The van der Waals surface area contributed by atoms with Gasteiger partial charge in [-0.25, -0.2) is 37.7 Å². The molecule has 42 heavy (non-hydrogen) atoms. The molecule has 0 amide bonds. The number of halogens is 2. The third-order valence-corrected chi connectivity index (χ3v) is 8.60. The Morgan fingerprint density at radius 2 is 1.60 bits per heavy atom. The van der Waals surface area contributed by atoms with Crippen molar-refractivity contribution in [2.45, 2.75) is 49.2 Å². The lowest BCUT2D eigenvalue weighted by Crippen LogP contribution is -2.37. The summed E-state index contributed by atoms with van der Waals surface area (Å²) >= 11 is 0. The molecule has 10 atom stereocenters. The second-order valence-electron chi connectivity index (χ2n) is 9.29. The van der Waals surface area contributed by atoms with Crippen LogP contribution in [0.15, 0.2) is 34.5 Å². The molecular formula is C19H21F2N7O12P2. The lowest BCUT2D eigenvalue weighted by molar-refractivity contribution is -0.0692. The van der Waals surface area contributed by atoms with Crippen LogP contribution in [-0.4, -0.2) is 88.8 Å². The molecule has 6 heterocycles. The summed E-state index contributed by atoms with van der Waals surface area (Å²) in [4.78, 5) is 58.3. The van der Waals surface area contributed by atoms with Gasteiger partial charge in [0, 0.05) is 12.3 Å². The van der Waals surface area contributed by atoms with Crippen molar-refractivity contribution >= 4 is 32.6 Å². The van der Waals surface area contributed by atoms with Crippen LogP contribution in [0.4, 0.5) is 14.6 Å². The molecule has 5 N–H and O–H groups in total. The first-order valence-corrected chi connectivity index (χ1v) is 15.0. The highest BCUT2D eigenvalue weighted by molar-refractivity contribution is 7.47. The number of nitrogens with one attached hydrogen (secondary N) is 1. The minimum atomic E-state index is -5.24. The predicted molar refractivity (Wildman–Crippen MR) is 130 cm³/mol. The Morgan fingerprint density at radius 1 is 0.929 bits per heavy atom. The van der Waals surface area contributed by atoms with Crippen molar-refractivity contribution in [2.24, 2.45) is 0 Å². The van der Waals surface area contributed by atoms with E-state index in [1.54, 1.807) is 0 Å². The first-order chi connectivity index (χ1) is 19.8. The van der Waals surface area contributed by atoms with Gasteiger partial charge in [0.05, 0.1) is 19.5 Å². The van der Waals surface area contributed by atoms with Gasteiger partial charge >= 0.3 is 21.3 Å². The SMILES string of the molecule is Nc1ncnc2c1ncn2[C@@H]1O[C@@H]2COP(=O)(O)O[C@@H]3[C@H](F)[C@@H](COP(=O)(O)O[C@H]2[C@H]1F)O[C@H]3n1ccc(=O)[nH]c1=O. The van der Waals surface area contributed by atoms with Crippen LogP contribution in [0.3, 0.4) is 0 Å². The smallest absolute Gasteiger partial charge is 0.382 e. The molecule has 3 aromatic rings. The van der Waals surface area contributed by atoms with E-state index in [9.17, 15) is 28.5 Å². The van der Waals surface area contributed by atoms with Crippen LogP contribution in [0.5, 0.6) is 0 Å². The van der Waals surface area contributed by atoms with Crippen molar-refractivity contribution in [2.75, 3.05) is 18.9 Å². The third-order valence-electron chi connectivity index (χ3n) is 6.63. The highest BCUT2D eigenvalue weighted by Crippen LogP contribution is 2.54. The molecule has 0 radical (unpaired) electrons. The van der Waals surface area contributed by atoms with Gasteiger partial charge in [-0.15, -0.1) is 0 Å². The molecule has 6 rings (SSSR count). The number of nitrogens with zero attached hydrogens (tertiary/aromatic N) is 5. The number of nitrogen functional groups attached to an aromatic ring is 1. The minimum absolute atomic E-state index is 0.0219. The van der Waals surface area contributed by atoms with Gasteiger partial charge in [-0.3, -0.25) is 37.0 Å². The lowest BCUT2D eigenvalue weighted by Gasteiger charge is -2.25. The number of aromatic nitrogens is 6. The lowest BCUT2D eigenvalue weighted by atomic mass is 10.1. The molecule has 23 heteroatoms. The van der Waals surface area contributed by atoms with Crippen molar-refractivity contribution in [3.05, 3.63) is 45.8 Å². The fourth-order valence-electron chi connectivity index (χ4n) is 4.73. The number of fused-ring (bicyclic) bond motifs is 4. The average molecular weight is 639 g/mol. The topological polar surface area (TPSA) is 254 Å². The molecule has 3 aliphatic rings. The van der Waals surface area contributed by atoms with E-state index in [0.717, 1.165) is 29.5 Å². The minimum Gasteiger partial charge on any atom is -0.382 e. The van der Waals surface area contributed by atoms with Crippen LogP contribution in [0.2, 0.25) is 0 Å². The van der Waals surface area contributed by atoms with Gasteiger partial charge in [-0.2, -0.15) is 0 Å². The van der Waals surface area contributed by atoms with Gasteiger partial charge in [0.25, 0.3) is 5.56 Å². The number of imidazole rings is 1. The molecule has 3 fully saturated rings. The van der Waals surface area contributed by atoms with E-state index in [0.29, 0.717) is 4.57 Å². The maximum Gasteiger partial charge on any atom is 0.472 e. The van der Waals surface area contributed by atoms with Gasteiger partial charge < -0.3 is 25.0 Å². The number of alkyl halides is 2. The predicted octanol–water partition coefficient (Wildman–Crippen LogP) is -0.552. The molecule has 19 nitrogen and oxygen atoms in total. The van der Waals surface area contributed by atoms with E-state index in [1.807, 2.05) is 4.98 Å². The maximum atomic E-state index is 15.8. The number of rotatable bonds is 2. The summed E-state index contributed by atoms with van der Waals surface area (Å²) in [5.41, 5.74) is 4.03. The second kappa shape index (κ2) is 10.6. The van der Waals surface area contributed by atoms with Gasteiger partial charge in [-0.1, -0.05) is 0 Å². The van der Waals surface area contributed by atoms with E-state index in [1.165, 1.54) is 0 Å². The monoisotopic (exact) mass is 639 g/mol. The molecule has 3 aliphatic heterocycles. The van der Waals surface area contributed by atoms with E-state index in [-0.39, 0.29) is 17.0 Å². The molecule has 0 spiro atoms. The van der Waals surface area contributed by atoms with E-state index < -0.39 is 89.3 Å². The summed E-state index contributed by atoms with van der Waals surface area (Å²) in [6.07, 6.45) is -12.2. The fraction of sp³-hybridized carbons (Fsp3) is 0.526. The number of H-pyrrole nitrogens is 1. The van der Waals surface area contributed by atoms with Crippen LogP contribution < -0.4 is 17.0 Å². The largest absolute Gasteiger partial charge is 0.472 e. The summed E-state index contributed by atoms with van der Waals surface area (Å²) in [6, 6.07) is 0.896. The van der Waals surface area contributed by atoms with Crippen LogP contribution in [0.1, 0.15) is 12.5 Å². The van der Waals surface area contributed by atoms with Crippen molar-refractivity contribution in [1.29, 1.82) is 0 Å². The van der Waals surface area contributed by atoms with Crippen LogP contribution >= 0.6 is 15.6 Å². The number of nitrogens with two attached hydrogens (primary N) is 1. The molecule has 3 saturated heterocycles. The zero-order valence-electron chi connectivity index (χ0n) is 20.8. The number of phosphoric ester groups is 2. The quantitative estimate of drug-likeness (QED) is 0.257. The molecule has 0 aliphatic carbocycles. The molecule has 0 aromatic carbocycles. The molecule has 3 aromatic heterocycles. The maximum absolute atomic E-state index is 15.8. The number of hydrogen-bond donors (Lipinski definition) is 4. The first kappa shape index (κ1) is 29.1.